The summed E-state index contributed by atoms with van der Waals surface area (Å²) in [6.45, 7) is 7.97. The molecule has 0 saturated heterocycles. The highest BCUT2D eigenvalue weighted by Crippen LogP contribution is 2.45. The minimum Gasteiger partial charge on any atom is -0.309 e. The molecule has 1 aromatic carbocycles. The predicted octanol–water partition coefficient (Wildman–Crippen LogP) is 6.96. The van der Waals surface area contributed by atoms with Crippen molar-refractivity contribution in [2.45, 2.75) is 58.4 Å². The number of benzene rings is 1. The van der Waals surface area contributed by atoms with Crippen LogP contribution in [0.4, 0.5) is 0 Å². The van der Waals surface area contributed by atoms with Crippen molar-refractivity contribution in [2.24, 2.45) is 11.8 Å². The highest BCUT2D eigenvalue weighted by Gasteiger charge is 2.37. The van der Waals surface area contributed by atoms with E-state index in [1.165, 1.54) is 42.4 Å². The topological polar surface area (TPSA) is 12.0 Å². The Morgan fingerprint density at radius 3 is 2.60 bits per heavy atom. The first-order chi connectivity index (χ1) is 12.0. The van der Waals surface area contributed by atoms with Gasteiger partial charge in [-0.25, -0.2) is 0 Å². The number of hydrogen-bond donors (Lipinski definition) is 1. The average molecular weight is 423 g/mol. The summed E-state index contributed by atoms with van der Waals surface area (Å²) in [7, 11) is 0. The summed E-state index contributed by atoms with van der Waals surface area (Å²) in [5, 5.41) is 4.67. The van der Waals surface area contributed by atoms with Gasteiger partial charge in [-0.15, -0.1) is 0 Å². The van der Waals surface area contributed by atoms with Gasteiger partial charge < -0.3 is 5.32 Å². The van der Waals surface area contributed by atoms with Crippen LogP contribution in [-0.2, 0) is 0 Å². The fourth-order valence-corrected chi connectivity index (χ4v) is 5.71. The Hall–Kier alpha value is -0.570. The van der Waals surface area contributed by atoms with Crippen molar-refractivity contribution in [3.63, 3.8) is 0 Å². The summed E-state index contributed by atoms with van der Waals surface area (Å²) in [6, 6.07) is 4.59. The molecule has 1 aliphatic heterocycles. The van der Waals surface area contributed by atoms with Gasteiger partial charge in [-0.2, -0.15) is 0 Å². The fourth-order valence-electron chi connectivity index (χ4n) is 4.62. The Kier molecular flexibility index (Phi) is 6.46. The maximum absolute atomic E-state index is 6.37. The number of nitrogens with one attached hydrogen (secondary N) is 1. The SMILES string of the molecule is CCCC(CCC)C1c2c(Br)cc(Cl)cc2C=CC2=CC(C)CNC21. The second-order valence-corrected chi connectivity index (χ2v) is 8.91. The van der Waals surface area contributed by atoms with Gasteiger partial charge in [0.25, 0.3) is 0 Å². The van der Waals surface area contributed by atoms with Crippen LogP contribution in [0.15, 0.2) is 34.3 Å². The summed E-state index contributed by atoms with van der Waals surface area (Å²) in [5.74, 6) is 1.75. The summed E-state index contributed by atoms with van der Waals surface area (Å²) < 4.78 is 1.16. The Bertz CT molecular complexity index is 673. The van der Waals surface area contributed by atoms with E-state index >= 15 is 0 Å². The second-order valence-electron chi connectivity index (χ2n) is 7.62. The number of rotatable bonds is 5. The zero-order valence-corrected chi connectivity index (χ0v) is 17.8. The Morgan fingerprint density at radius 2 is 1.92 bits per heavy atom. The molecule has 3 rings (SSSR count). The lowest BCUT2D eigenvalue weighted by atomic mass is 9.73. The molecule has 0 saturated carbocycles. The van der Waals surface area contributed by atoms with E-state index in [0.29, 0.717) is 23.8 Å². The summed E-state index contributed by atoms with van der Waals surface area (Å²) >= 11 is 10.2. The molecule has 1 nitrogen and oxygen atoms in total. The molecule has 1 heterocycles. The Morgan fingerprint density at radius 1 is 1.20 bits per heavy atom. The van der Waals surface area contributed by atoms with Crippen LogP contribution in [0.5, 0.6) is 0 Å². The quantitative estimate of drug-likeness (QED) is 0.540. The van der Waals surface area contributed by atoms with Crippen molar-refractivity contribution >= 4 is 33.6 Å². The largest absolute Gasteiger partial charge is 0.309 e. The molecule has 0 amide bonds. The van der Waals surface area contributed by atoms with Crippen LogP contribution in [0, 0.1) is 11.8 Å². The molecule has 1 N–H and O–H groups in total. The molecule has 0 aromatic heterocycles. The van der Waals surface area contributed by atoms with Gasteiger partial charge in [-0.3, -0.25) is 0 Å². The zero-order chi connectivity index (χ0) is 18.0. The first-order valence-electron chi connectivity index (χ1n) is 9.67. The molecule has 3 atom stereocenters. The van der Waals surface area contributed by atoms with Crippen molar-refractivity contribution in [1.29, 1.82) is 0 Å². The lowest BCUT2D eigenvalue weighted by Crippen LogP contribution is -2.44. The minimum absolute atomic E-state index is 0.397. The molecule has 1 aliphatic carbocycles. The fraction of sp³-hybridized carbons (Fsp3) is 0.545. The van der Waals surface area contributed by atoms with Crippen molar-refractivity contribution in [2.75, 3.05) is 6.54 Å². The number of halogens is 2. The first-order valence-corrected chi connectivity index (χ1v) is 10.8. The molecule has 0 fully saturated rings. The molecule has 0 radical (unpaired) electrons. The minimum atomic E-state index is 0.397. The molecule has 3 unspecified atom stereocenters. The van der Waals surface area contributed by atoms with E-state index in [1.54, 1.807) is 0 Å². The summed E-state index contributed by atoms with van der Waals surface area (Å²) in [5.41, 5.74) is 4.15. The lowest BCUT2D eigenvalue weighted by Gasteiger charge is -2.38. The highest BCUT2D eigenvalue weighted by molar-refractivity contribution is 9.10. The molecule has 0 bridgehead atoms. The van der Waals surface area contributed by atoms with E-state index in [-0.39, 0.29) is 0 Å². The molecular weight excluding hydrogens is 394 g/mol. The van der Waals surface area contributed by atoms with E-state index < -0.39 is 0 Å². The van der Waals surface area contributed by atoms with Crippen molar-refractivity contribution in [1.82, 2.24) is 5.32 Å². The molecule has 3 heteroatoms. The van der Waals surface area contributed by atoms with E-state index in [9.17, 15) is 0 Å². The van der Waals surface area contributed by atoms with Gasteiger partial charge in [0, 0.05) is 28.0 Å². The van der Waals surface area contributed by atoms with Crippen LogP contribution in [0.3, 0.4) is 0 Å². The van der Waals surface area contributed by atoms with Crippen LogP contribution in [0.25, 0.3) is 6.08 Å². The first kappa shape index (κ1) is 19.2. The van der Waals surface area contributed by atoms with Gasteiger partial charge in [0.05, 0.1) is 0 Å². The van der Waals surface area contributed by atoms with Crippen LogP contribution in [0.1, 0.15) is 63.5 Å². The lowest BCUT2D eigenvalue weighted by molar-refractivity contribution is 0.301. The molecule has 2 aliphatic rings. The molecule has 25 heavy (non-hydrogen) atoms. The van der Waals surface area contributed by atoms with Crippen molar-refractivity contribution < 1.29 is 0 Å². The third kappa shape index (κ3) is 4.07. The monoisotopic (exact) mass is 421 g/mol. The van der Waals surface area contributed by atoms with E-state index in [0.717, 1.165) is 16.0 Å². The normalized spacial score (nSPS) is 25.4. The van der Waals surface area contributed by atoms with E-state index in [2.05, 4.69) is 72.4 Å². The standard InChI is InChI=1S/C22H29BrClN/c1-4-6-15(7-5-2)21-20-16(11-18(24)12-19(20)23)8-9-17-10-14(3)13-25-22(17)21/h8-12,14-15,21-22,25H,4-7,13H2,1-3H3. The van der Waals surface area contributed by atoms with Crippen LogP contribution >= 0.6 is 27.5 Å². The summed E-state index contributed by atoms with van der Waals surface area (Å²) in [6.07, 6.45) is 12.0. The highest BCUT2D eigenvalue weighted by atomic mass is 79.9. The van der Waals surface area contributed by atoms with Gasteiger partial charge in [-0.1, -0.05) is 92.2 Å². The van der Waals surface area contributed by atoms with Crippen molar-refractivity contribution in [3.05, 3.63) is 50.5 Å². The zero-order valence-electron chi connectivity index (χ0n) is 15.5. The van der Waals surface area contributed by atoms with Crippen LogP contribution in [-0.4, -0.2) is 12.6 Å². The molecule has 0 spiro atoms. The predicted molar refractivity (Wildman–Crippen MR) is 113 cm³/mol. The number of fused-ring (bicyclic) bond motifs is 2. The smallest absolute Gasteiger partial charge is 0.0423 e. The van der Waals surface area contributed by atoms with Gasteiger partial charge in [0.1, 0.15) is 0 Å². The maximum atomic E-state index is 6.37. The van der Waals surface area contributed by atoms with Crippen LogP contribution in [0.2, 0.25) is 5.02 Å². The Balaban J connectivity index is 2.16. The molecular formula is C22H29BrClN. The van der Waals surface area contributed by atoms with E-state index in [4.69, 9.17) is 11.6 Å². The average Bonchev–Trinajstić information content (AvgIpc) is 2.71. The van der Waals surface area contributed by atoms with Crippen LogP contribution < -0.4 is 5.32 Å². The van der Waals surface area contributed by atoms with Gasteiger partial charge >= 0.3 is 0 Å². The van der Waals surface area contributed by atoms with Gasteiger partial charge in [-0.05, 0) is 40.7 Å². The molecule has 1 aromatic rings. The van der Waals surface area contributed by atoms with Crippen molar-refractivity contribution in [3.8, 4) is 0 Å². The third-order valence-corrected chi connectivity index (χ3v) is 6.47. The van der Waals surface area contributed by atoms with E-state index in [1.807, 2.05) is 0 Å². The van der Waals surface area contributed by atoms with Gasteiger partial charge in [0.15, 0.2) is 0 Å². The second kappa shape index (κ2) is 8.41. The maximum Gasteiger partial charge on any atom is 0.0423 e. The number of hydrogen-bond acceptors (Lipinski definition) is 1. The summed E-state index contributed by atoms with van der Waals surface area (Å²) in [4.78, 5) is 0. The van der Waals surface area contributed by atoms with Gasteiger partial charge in [0.2, 0.25) is 0 Å². The molecule has 136 valence electrons. The Labute approximate surface area is 166 Å². The third-order valence-electron chi connectivity index (χ3n) is 5.60.